The lowest BCUT2D eigenvalue weighted by atomic mass is 10.3. The molecule has 1 aromatic carbocycles. The van der Waals surface area contributed by atoms with Crippen LogP contribution >= 0.6 is 34.8 Å². The molecule has 1 rings (SSSR count). The molecule has 0 saturated carbocycles. The summed E-state index contributed by atoms with van der Waals surface area (Å²) >= 11 is 17.4. The maximum atomic E-state index is 10.3. The van der Waals surface area contributed by atoms with Gasteiger partial charge in [-0.1, -0.05) is 34.8 Å². The van der Waals surface area contributed by atoms with E-state index in [1.807, 2.05) is 0 Å². The second-order valence-electron chi connectivity index (χ2n) is 2.82. The molecule has 0 aliphatic rings. The molecule has 0 aliphatic carbocycles. The molecule has 0 amide bonds. The van der Waals surface area contributed by atoms with Gasteiger partial charge in [-0.3, -0.25) is 4.79 Å². The molecule has 0 saturated heterocycles. The number of anilines is 1. The number of halogens is 3. The molecule has 1 aromatic rings. The van der Waals surface area contributed by atoms with E-state index < -0.39 is 5.97 Å². The summed E-state index contributed by atoms with van der Waals surface area (Å²) < 4.78 is 0. The second-order valence-corrected chi connectivity index (χ2v) is 4.04. The minimum atomic E-state index is -0.876. The minimum Gasteiger partial charge on any atom is -0.481 e. The number of aliphatic carboxylic acids is 1. The predicted octanol–water partition coefficient (Wildman–Crippen LogP) is 3.53. The summed E-state index contributed by atoms with van der Waals surface area (Å²) in [7, 11) is 0. The quantitative estimate of drug-likeness (QED) is 0.821. The normalized spacial score (nSPS) is 10.1. The SMILES string of the molecule is O=C(O)CCNc1cc(Cl)c(Cl)cc1Cl. The Hall–Kier alpha value is -0.640. The van der Waals surface area contributed by atoms with Gasteiger partial charge in [0.1, 0.15) is 0 Å². The monoisotopic (exact) mass is 267 g/mol. The molecule has 0 fully saturated rings. The first-order valence-corrected chi connectivity index (χ1v) is 5.24. The first kappa shape index (κ1) is 12.4. The van der Waals surface area contributed by atoms with Gasteiger partial charge in [0.15, 0.2) is 0 Å². The summed E-state index contributed by atoms with van der Waals surface area (Å²) in [6.45, 7) is 0.285. The number of nitrogens with one attached hydrogen (secondary N) is 1. The molecule has 0 unspecified atom stereocenters. The van der Waals surface area contributed by atoms with Crippen molar-refractivity contribution in [3.05, 3.63) is 27.2 Å². The Morgan fingerprint density at radius 3 is 2.40 bits per heavy atom. The zero-order valence-corrected chi connectivity index (χ0v) is 9.83. The summed E-state index contributed by atoms with van der Waals surface area (Å²) in [6.07, 6.45) is 0.0105. The van der Waals surface area contributed by atoms with Crippen LogP contribution in [-0.4, -0.2) is 17.6 Å². The van der Waals surface area contributed by atoms with Gasteiger partial charge in [-0.15, -0.1) is 0 Å². The fourth-order valence-corrected chi connectivity index (χ4v) is 1.58. The molecule has 0 aromatic heterocycles. The van der Waals surface area contributed by atoms with Crippen LogP contribution in [0.25, 0.3) is 0 Å². The van der Waals surface area contributed by atoms with Gasteiger partial charge in [0.2, 0.25) is 0 Å². The molecule has 0 radical (unpaired) electrons. The standard InChI is InChI=1S/C9H8Cl3NO2/c10-5-3-7(12)8(4-6(5)11)13-2-1-9(14)15/h3-4,13H,1-2H2,(H,14,15). The van der Waals surface area contributed by atoms with Crippen molar-refractivity contribution in [3.8, 4) is 0 Å². The van der Waals surface area contributed by atoms with Crippen molar-refractivity contribution in [2.45, 2.75) is 6.42 Å². The van der Waals surface area contributed by atoms with Gasteiger partial charge < -0.3 is 10.4 Å². The van der Waals surface area contributed by atoms with Crippen molar-refractivity contribution in [1.82, 2.24) is 0 Å². The highest BCUT2D eigenvalue weighted by molar-refractivity contribution is 6.44. The van der Waals surface area contributed by atoms with Gasteiger partial charge in [0.25, 0.3) is 0 Å². The molecule has 82 valence electrons. The highest BCUT2D eigenvalue weighted by Crippen LogP contribution is 2.32. The third-order valence-electron chi connectivity index (χ3n) is 1.66. The largest absolute Gasteiger partial charge is 0.481 e. The summed E-state index contributed by atoms with van der Waals surface area (Å²) in [6, 6.07) is 3.07. The molecule has 6 heteroatoms. The van der Waals surface area contributed by atoms with Crippen LogP contribution in [-0.2, 0) is 4.79 Å². The first-order chi connectivity index (χ1) is 7.00. The number of hydrogen-bond acceptors (Lipinski definition) is 2. The predicted molar refractivity (Wildman–Crippen MR) is 62.2 cm³/mol. The third-order valence-corrected chi connectivity index (χ3v) is 2.70. The van der Waals surface area contributed by atoms with Crippen LogP contribution in [0.1, 0.15) is 6.42 Å². The molecule has 15 heavy (non-hydrogen) atoms. The molecule has 0 bridgehead atoms. The van der Waals surface area contributed by atoms with Crippen molar-refractivity contribution in [2.24, 2.45) is 0 Å². The zero-order chi connectivity index (χ0) is 11.4. The highest BCUT2D eigenvalue weighted by atomic mass is 35.5. The summed E-state index contributed by atoms with van der Waals surface area (Å²) in [4.78, 5) is 10.3. The minimum absolute atomic E-state index is 0.0105. The van der Waals surface area contributed by atoms with Crippen LogP contribution in [0.15, 0.2) is 12.1 Å². The Morgan fingerprint density at radius 2 is 1.80 bits per heavy atom. The number of carboxylic acid groups (broad SMARTS) is 1. The molecule has 0 heterocycles. The molecule has 0 atom stereocenters. The molecular formula is C9H8Cl3NO2. The maximum Gasteiger partial charge on any atom is 0.305 e. The fraction of sp³-hybridized carbons (Fsp3) is 0.222. The molecule has 3 nitrogen and oxygen atoms in total. The highest BCUT2D eigenvalue weighted by Gasteiger charge is 2.05. The zero-order valence-electron chi connectivity index (χ0n) is 7.56. The lowest BCUT2D eigenvalue weighted by molar-refractivity contribution is -0.136. The average molecular weight is 269 g/mol. The second kappa shape index (κ2) is 5.45. The van der Waals surface area contributed by atoms with Gasteiger partial charge in [-0.2, -0.15) is 0 Å². The van der Waals surface area contributed by atoms with E-state index in [4.69, 9.17) is 39.9 Å². The smallest absolute Gasteiger partial charge is 0.305 e. The van der Waals surface area contributed by atoms with Crippen LogP contribution in [0, 0.1) is 0 Å². The molecular weight excluding hydrogens is 260 g/mol. The Labute approximate surface area is 102 Å². The van der Waals surface area contributed by atoms with E-state index in [-0.39, 0.29) is 13.0 Å². The average Bonchev–Trinajstić information content (AvgIpc) is 2.13. The fourth-order valence-electron chi connectivity index (χ4n) is 0.962. The van der Waals surface area contributed by atoms with Crippen LogP contribution < -0.4 is 5.32 Å². The lowest BCUT2D eigenvalue weighted by Gasteiger charge is -2.08. The van der Waals surface area contributed by atoms with Gasteiger partial charge in [-0.05, 0) is 12.1 Å². The van der Waals surface area contributed by atoms with E-state index in [1.165, 1.54) is 6.07 Å². The summed E-state index contributed by atoms with van der Waals surface area (Å²) in [5.41, 5.74) is 0.576. The van der Waals surface area contributed by atoms with Crippen molar-refractivity contribution >= 4 is 46.5 Å². The van der Waals surface area contributed by atoms with Gasteiger partial charge in [-0.25, -0.2) is 0 Å². The Bertz CT molecular complexity index is 382. The molecule has 2 N–H and O–H groups in total. The van der Waals surface area contributed by atoms with Crippen LogP contribution in [0.5, 0.6) is 0 Å². The van der Waals surface area contributed by atoms with Crippen molar-refractivity contribution in [1.29, 1.82) is 0 Å². The number of benzene rings is 1. The lowest BCUT2D eigenvalue weighted by Crippen LogP contribution is -2.07. The van der Waals surface area contributed by atoms with Gasteiger partial charge >= 0.3 is 5.97 Å². The van der Waals surface area contributed by atoms with Crippen molar-refractivity contribution < 1.29 is 9.90 Å². The third kappa shape index (κ3) is 3.78. The van der Waals surface area contributed by atoms with Crippen LogP contribution in [0.4, 0.5) is 5.69 Å². The van der Waals surface area contributed by atoms with E-state index >= 15 is 0 Å². The van der Waals surface area contributed by atoms with E-state index in [9.17, 15) is 4.79 Å². The van der Waals surface area contributed by atoms with Crippen LogP contribution in [0.3, 0.4) is 0 Å². The summed E-state index contributed by atoms with van der Waals surface area (Å²) in [5, 5.41) is 12.4. The summed E-state index contributed by atoms with van der Waals surface area (Å²) in [5.74, 6) is -0.876. The number of carboxylic acids is 1. The van der Waals surface area contributed by atoms with Gasteiger partial charge in [0, 0.05) is 6.54 Å². The Kier molecular flexibility index (Phi) is 4.51. The molecule has 0 spiro atoms. The number of rotatable bonds is 4. The Balaban J connectivity index is 2.69. The maximum absolute atomic E-state index is 10.3. The van der Waals surface area contributed by atoms with E-state index in [0.29, 0.717) is 20.8 Å². The van der Waals surface area contributed by atoms with Crippen molar-refractivity contribution in [3.63, 3.8) is 0 Å². The van der Waals surface area contributed by atoms with Crippen LogP contribution in [0.2, 0.25) is 15.1 Å². The number of hydrogen-bond donors (Lipinski definition) is 2. The van der Waals surface area contributed by atoms with E-state index in [0.717, 1.165) is 0 Å². The molecule has 0 aliphatic heterocycles. The van der Waals surface area contributed by atoms with E-state index in [1.54, 1.807) is 6.07 Å². The van der Waals surface area contributed by atoms with Crippen molar-refractivity contribution in [2.75, 3.05) is 11.9 Å². The van der Waals surface area contributed by atoms with E-state index in [2.05, 4.69) is 5.32 Å². The Morgan fingerprint density at radius 1 is 1.20 bits per heavy atom. The van der Waals surface area contributed by atoms with Gasteiger partial charge in [0.05, 0.1) is 27.2 Å². The topological polar surface area (TPSA) is 49.3 Å². The first-order valence-electron chi connectivity index (χ1n) is 4.11. The number of carbonyl (C=O) groups is 1.